The van der Waals surface area contributed by atoms with E-state index in [1.165, 1.54) is 6.92 Å². The predicted molar refractivity (Wildman–Crippen MR) is 91.3 cm³/mol. The lowest BCUT2D eigenvalue weighted by atomic mass is 9.86. The van der Waals surface area contributed by atoms with Gasteiger partial charge in [0, 0.05) is 24.7 Å². The first-order valence-corrected chi connectivity index (χ1v) is 9.13. The number of nitrogens with one attached hydrogen (secondary N) is 2. The van der Waals surface area contributed by atoms with Gasteiger partial charge in [0.2, 0.25) is 11.8 Å². The van der Waals surface area contributed by atoms with Crippen LogP contribution in [0.25, 0.3) is 0 Å². The van der Waals surface area contributed by atoms with Crippen molar-refractivity contribution in [2.75, 3.05) is 13.2 Å². The zero-order valence-corrected chi connectivity index (χ0v) is 15.0. The lowest BCUT2D eigenvalue weighted by molar-refractivity contribution is -0.126. The van der Waals surface area contributed by atoms with Crippen molar-refractivity contribution in [2.45, 2.75) is 57.4 Å². The molecule has 1 aliphatic carbocycles. The summed E-state index contributed by atoms with van der Waals surface area (Å²) in [4.78, 5) is 32.7. The van der Waals surface area contributed by atoms with E-state index in [0.29, 0.717) is 19.6 Å². The molecule has 8 heteroatoms. The van der Waals surface area contributed by atoms with Crippen LogP contribution in [0, 0.1) is 12.8 Å². The molecule has 0 saturated carbocycles. The minimum atomic E-state index is -0.211. The Morgan fingerprint density at radius 1 is 1.15 bits per heavy atom. The SMILES string of the molecule is CC(=O)N[C@H]1CO[C@H]2[C@@H]1OC[C@@H]2NC(=O)C1CCc2nc(C)ncc2C1. The standard InChI is InChI=1S/C18H24N4O4/c1-9-19-6-12-5-11(3-4-13(12)20-9)18(24)22-15-8-26-16-14(21-10(2)23)7-25-17(15)16/h6,11,14-17H,3-5,7-8H2,1-2H3,(H,21,23)(H,22,24)/t11?,14-,15-,16+,17+/m0/s1. The van der Waals surface area contributed by atoms with E-state index < -0.39 is 0 Å². The van der Waals surface area contributed by atoms with Crippen molar-refractivity contribution in [3.8, 4) is 0 Å². The largest absolute Gasteiger partial charge is 0.371 e. The van der Waals surface area contributed by atoms with Crippen LogP contribution in [-0.4, -0.2) is 59.3 Å². The highest BCUT2D eigenvalue weighted by Crippen LogP contribution is 2.29. The highest BCUT2D eigenvalue weighted by Gasteiger charge is 2.48. The maximum absolute atomic E-state index is 12.7. The Kier molecular flexibility index (Phi) is 4.62. The summed E-state index contributed by atoms with van der Waals surface area (Å²) in [6.07, 6.45) is 3.67. The van der Waals surface area contributed by atoms with Crippen molar-refractivity contribution in [3.05, 3.63) is 23.3 Å². The average molecular weight is 360 g/mol. The third-order valence-electron chi connectivity index (χ3n) is 5.41. The number of rotatable bonds is 3. The van der Waals surface area contributed by atoms with E-state index in [0.717, 1.165) is 29.9 Å². The second kappa shape index (κ2) is 6.92. The highest BCUT2D eigenvalue weighted by atomic mass is 16.6. The van der Waals surface area contributed by atoms with Crippen LogP contribution < -0.4 is 10.6 Å². The molecule has 26 heavy (non-hydrogen) atoms. The topological polar surface area (TPSA) is 102 Å². The summed E-state index contributed by atoms with van der Waals surface area (Å²) in [6, 6.07) is -0.330. The van der Waals surface area contributed by atoms with E-state index in [2.05, 4.69) is 20.6 Å². The zero-order chi connectivity index (χ0) is 18.3. The van der Waals surface area contributed by atoms with Crippen LogP contribution in [0.3, 0.4) is 0 Å². The number of hydrogen-bond acceptors (Lipinski definition) is 6. The van der Waals surface area contributed by atoms with Crippen LogP contribution >= 0.6 is 0 Å². The second-order valence-corrected chi connectivity index (χ2v) is 7.35. The minimum absolute atomic E-state index is 0.0250. The first-order valence-electron chi connectivity index (χ1n) is 9.13. The van der Waals surface area contributed by atoms with Gasteiger partial charge in [-0.3, -0.25) is 9.59 Å². The average Bonchev–Trinajstić information content (AvgIpc) is 3.18. The van der Waals surface area contributed by atoms with E-state index in [4.69, 9.17) is 9.47 Å². The Hall–Kier alpha value is -2.06. The van der Waals surface area contributed by atoms with E-state index in [9.17, 15) is 9.59 Å². The maximum Gasteiger partial charge on any atom is 0.223 e. The summed E-state index contributed by atoms with van der Waals surface area (Å²) < 4.78 is 11.6. The molecule has 1 unspecified atom stereocenters. The van der Waals surface area contributed by atoms with Crippen LogP contribution in [-0.2, 0) is 31.9 Å². The molecule has 140 valence electrons. The molecule has 2 aliphatic heterocycles. The molecule has 2 fully saturated rings. The van der Waals surface area contributed by atoms with Crippen molar-refractivity contribution in [2.24, 2.45) is 5.92 Å². The lowest BCUT2D eigenvalue weighted by Gasteiger charge is -2.25. The fraction of sp³-hybridized carbons (Fsp3) is 0.667. The van der Waals surface area contributed by atoms with Gasteiger partial charge in [-0.05, 0) is 31.7 Å². The lowest BCUT2D eigenvalue weighted by Crippen LogP contribution is -2.48. The molecule has 0 bridgehead atoms. The Labute approximate surface area is 152 Å². The van der Waals surface area contributed by atoms with Gasteiger partial charge in [0.15, 0.2) is 0 Å². The van der Waals surface area contributed by atoms with Crippen LogP contribution in [0.2, 0.25) is 0 Å². The van der Waals surface area contributed by atoms with Crippen molar-refractivity contribution >= 4 is 11.8 Å². The molecule has 2 saturated heterocycles. The molecule has 0 spiro atoms. The van der Waals surface area contributed by atoms with Gasteiger partial charge in [-0.1, -0.05) is 0 Å². The summed E-state index contributed by atoms with van der Waals surface area (Å²) in [5.74, 6) is 0.610. The third kappa shape index (κ3) is 3.31. The van der Waals surface area contributed by atoms with Gasteiger partial charge < -0.3 is 20.1 Å². The molecule has 5 atom stereocenters. The molecule has 3 heterocycles. The zero-order valence-electron chi connectivity index (χ0n) is 15.0. The number of ether oxygens (including phenoxy) is 2. The van der Waals surface area contributed by atoms with Gasteiger partial charge >= 0.3 is 0 Å². The minimum Gasteiger partial charge on any atom is -0.371 e. The van der Waals surface area contributed by atoms with Crippen LogP contribution in [0.4, 0.5) is 0 Å². The van der Waals surface area contributed by atoms with Gasteiger partial charge in [0.1, 0.15) is 18.0 Å². The predicted octanol–water partition coefficient (Wildman–Crippen LogP) is -0.323. The van der Waals surface area contributed by atoms with E-state index in [1.54, 1.807) is 0 Å². The highest BCUT2D eigenvalue weighted by molar-refractivity contribution is 5.79. The van der Waals surface area contributed by atoms with Gasteiger partial charge in [0.05, 0.1) is 25.3 Å². The van der Waals surface area contributed by atoms with Gasteiger partial charge in [0.25, 0.3) is 0 Å². The molecular weight excluding hydrogens is 336 g/mol. The number of nitrogens with zero attached hydrogens (tertiary/aromatic N) is 2. The van der Waals surface area contributed by atoms with Crippen molar-refractivity contribution in [1.29, 1.82) is 0 Å². The number of carbonyl (C=O) groups excluding carboxylic acids is 2. The molecule has 3 aliphatic rings. The van der Waals surface area contributed by atoms with Crippen molar-refractivity contribution in [3.63, 3.8) is 0 Å². The van der Waals surface area contributed by atoms with E-state index in [-0.39, 0.29) is 42.0 Å². The first-order chi connectivity index (χ1) is 12.5. The van der Waals surface area contributed by atoms with Gasteiger partial charge in [-0.25, -0.2) is 9.97 Å². The van der Waals surface area contributed by atoms with E-state index >= 15 is 0 Å². The summed E-state index contributed by atoms with van der Waals surface area (Å²) in [5.41, 5.74) is 2.12. The quantitative estimate of drug-likeness (QED) is 0.766. The van der Waals surface area contributed by atoms with Crippen LogP contribution in [0.15, 0.2) is 6.20 Å². The third-order valence-corrected chi connectivity index (χ3v) is 5.41. The fourth-order valence-corrected chi connectivity index (χ4v) is 4.14. The molecule has 0 radical (unpaired) electrons. The molecular formula is C18H24N4O4. The van der Waals surface area contributed by atoms with Crippen LogP contribution in [0.1, 0.15) is 30.4 Å². The monoisotopic (exact) mass is 360 g/mol. The smallest absolute Gasteiger partial charge is 0.223 e. The molecule has 4 rings (SSSR count). The van der Waals surface area contributed by atoms with E-state index in [1.807, 2.05) is 13.1 Å². The Balaban J connectivity index is 1.36. The maximum atomic E-state index is 12.7. The molecule has 2 N–H and O–H groups in total. The normalized spacial score (nSPS) is 32.6. The first kappa shape index (κ1) is 17.4. The molecule has 1 aromatic rings. The summed E-state index contributed by atoms with van der Waals surface area (Å²) >= 11 is 0. The number of hydrogen-bond donors (Lipinski definition) is 2. The van der Waals surface area contributed by atoms with Crippen molar-refractivity contribution < 1.29 is 19.1 Å². The summed E-state index contributed by atoms with van der Waals surface area (Å²) in [6.45, 7) is 4.18. The summed E-state index contributed by atoms with van der Waals surface area (Å²) in [7, 11) is 0. The second-order valence-electron chi connectivity index (χ2n) is 7.35. The van der Waals surface area contributed by atoms with Crippen LogP contribution in [0.5, 0.6) is 0 Å². The van der Waals surface area contributed by atoms with Crippen molar-refractivity contribution in [1.82, 2.24) is 20.6 Å². The molecule has 8 nitrogen and oxygen atoms in total. The van der Waals surface area contributed by atoms with Gasteiger partial charge in [-0.2, -0.15) is 0 Å². The number of aryl methyl sites for hydroxylation is 2. The number of aromatic nitrogens is 2. The number of amides is 2. The summed E-state index contributed by atoms with van der Waals surface area (Å²) in [5, 5.41) is 5.94. The Morgan fingerprint density at radius 3 is 2.54 bits per heavy atom. The van der Waals surface area contributed by atoms with Gasteiger partial charge in [-0.15, -0.1) is 0 Å². The Bertz CT molecular complexity index is 725. The molecule has 0 aromatic carbocycles. The molecule has 1 aromatic heterocycles. The number of fused-ring (bicyclic) bond motifs is 2. The fourth-order valence-electron chi connectivity index (χ4n) is 4.14. The molecule has 2 amide bonds. The Morgan fingerprint density at radius 2 is 1.85 bits per heavy atom. The number of carbonyl (C=O) groups is 2.